The topological polar surface area (TPSA) is 119 Å². The fourth-order valence-electron chi connectivity index (χ4n) is 4.12. The molecule has 1 fully saturated rings. The number of carboxylic acids is 1. The van der Waals surface area contributed by atoms with Gasteiger partial charge in [-0.25, -0.2) is 4.79 Å². The number of benzene rings is 3. The summed E-state index contributed by atoms with van der Waals surface area (Å²) in [7, 11) is 0. The van der Waals surface area contributed by atoms with E-state index in [-0.39, 0.29) is 5.95 Å². The van der Waals surface area contributed by atoms with E-state index in [2.05, 4.69) is 20.8 Å². The standard InChI is InChI=1S/C26H22ClN5O4/c1-16(21-4-2-3-5-22(21)27)36-25(35)28-24-29-30-31-32(24)20-12-8-18(9-13-20)17-6-10-19(11-7-17)26(14-15-26)23(33)34/h2-13,16H,14-15H2,1H3,(H,33,34)(H,28,29,31,35). The van der Waals surface area contributed by atoms with Crippen LogP contribution in [-0.4, -0.2) is 37.4 Å². The molecule has 0 saturated heterocycles. The third-order valence-electron chi connectivity index (χ3n) is 6.35. The second-order valence-corrected chi connectivity index (χ2v) is 9.03. The van der Waals surface area contributed by atoms with E-state index in [4.69, 9.17) is 16.3 Å². The van der Waals surface area contributed by atoms with Gasteiger partial charge in [-0.2, -0.15) is 4.68 Å². The Morgan fingerprint density at radius 3 is 2.28 bits per heavy atom. The second-order valence-electron chi connectivity index (χ2n) is 8.62. The molecule has 0 aliphatic heterocycles. The van der Waals surface area contributed by atoms with Crippen molar-refractivity contribution in [1.82, 2.24) is 20.2 Å². The van der Waals surface area contributed by atoms with E-state index >= 15 is 0 Å². The number of aliphatic carboxylic acids is 1. The summed E-state index contributed by atoms with van der Waals surface area (Å²) in [5, 5.41) is 24.1. The van der Waals surface area contributed by atoms with Gasteiger partial charge in [0.15, 0.2) is 0 Å². The van der Waals surface area contributed by atoms with Gasteiger partial charge in [0.1, 0.15) is 6.10 Å². The lowest BCUT2D eigenvalue weighted by molar-refractivity contribution is -0.140. The summed E-state index contributed by atoms with van der Waals surface area (Å²) in [6.45, 7) is 1.72. The minimum atomic E-state index is -0.771. The van der Waals surface area contributed by atoms with Gasteiger partial charge in [0, 0.05) is 10.6 Å². The van der Waals surface area contributed by atoms with Crippen LogP contribution in [0.3, 0.4) is 0 Å². The van der Waals surface area contributed by atoms with Gasteiger partial charge in [0.25, 0.3) is 5.95 Å². The van der Waals surface area contributed by atoms with E-state index < -0.39 is 23.6 Å². The number of hydrogen-bond acceptors (Lipinski definition) is 6. The average Bonchev–Trinajstić information content (AvgIpc) is 3.58. The van der Waals surface area contributed by atoms with Crippen LogP contribution in [0.4, 0.5) is 10.7 Å². The van der Waals surface area contributed by atoms with E-state index in [0.717, 1.165) is 16.7 Å². The zero-order chi connectivity index (χ0) is 25.3. The van der Waals surface area contributed by atoms with Crippen molar-refractivity contribution in [2.75, 3.05) is 5.32 Å². The number of anilines is 1. The van der Waals surface area contributed by atoms with E-state index in [1.807, 2.05) is 54.6 Å². The van der Waals surface area contributed by atoms with Gasteiger partial charge in [0.05, 0.1) is 11.1 Å². The number of carbonyl (C=O) groups excluding carboxylic acids is 1. The molecular weight excluding hydrogens is 482 g/mol. The number of nitrogens with one attached hydrogen (secondary N) is 1. The Bertz CT molecular complexity index is 1420. The van der Waals surface area contributed by atoms with Crippen LogP contribution in [0.5, 0.6) is 0 Å². The number of carbonyl (C=O) groups is 2. The van der Waals surface area contributed by atoms with E-state index in [1.165, 1.54) is 4.68 Å². The zero-order valence-corrected chi connectivity index (χ0v) is 20.0. The number of aromatic nitrogens is 4. The summed E-state index contributed by atoms with van der Waals surface area (Å²) >= 11 is 6.18. The number of ether oxygens (including phenoxy) is 1. The Kier molecular flexibility index (Phi) is 6.15. The monoisotopic (exact) mass is 503 g/mol. The van der Waals surface area contributed by atoms with Crippen molar-refractivity contribution < 1.29 is 19.4 Å². The van der Waals surface area contributed by atoms with Gasteiger partial charge < -0.3 is 9.84 Å². The molecule has 2 N–H and O–H groups in total. The van der Waals surface area contributed by atoms with Crippen molar-refractivity contribution in [3.8, 4) is 16.8 Å². The SMILES string of the molecule is CC(OC(=O)Nc1nnnn1-c1ccc(-c2ccc(C3(C(=O)O)CC3)cc2)cc1)c1ccccc1Cl. The van der Waals surface area contributed by atoms with Crippen LogP contribution in [0.1, 0.15) is 37.0 Å². The van der Waals surface area contributed by atoms with Crippen LogP contribution in [0.15, 0.2) is 72.8 Å². The van der Waals surface area contributed by atoms with Crippen LogP contribution in [0.2, 0.25) is 5.02 Å². The van der Waals surface area contributed by atoms with Gasteiger partial charge in [-0.05, 0) is 65.1 Å². The smallest absolute Gasteiger partial charge is 0.414 e. The quantitative estimate of drug-likeness (QED) is 0.346. The molecule has 36 heavy (non-hydrogen) atoms. The normalized spacial score (nSPS) is 14.6. The average molecular weight is 504 g/mol. The molecule has 9 nitrogen and oxygen atoms in total. The Morgan fingerprint density at radius 2 is 1.67 bits per heavy atom. The number of amides is 1. The molecule has 1 aliphatic carbocycles. The van der Waals surface area contributed by atoms with E-state index in [9.17, 15) is 14.7 Å². The zero-order valence-electron chi connectivity index (χ0n) is 19.3. The van der Waals surface area contributed by atoms with Crippen LogP contribution < -0.4 is 5.32 Å². The van der Waals surface area contributed by atoms with Crippen molar-refractivity contribution >= 4 is 29.6 Å². The Morgan fingerprint density at radius 1 is 1.03 bits per heavy atom. The highest BCUT2D eigenvalue weighted by atomic mass is 35.5. The lowest BCUT2D eigenvalue weighted by Gasteiger charge is -2.15. The van der Waals surface area contributed by atoms with Crippen LogP contribution in [0.25, 0.3) is 16.8 Å². The van der Waals surface area contributed by atoms with Crippen molar-refractivity contribution in [1.29, 1.82) is 0 Å². The van der Waals surface area contributed by atoms with Crippen molar-refractivity contribution in [3.63, 3.8) is 0 Å². The fourth-order valence-corrected chi connectivity index (χ4v) is 4.41. The Balaban J connectivity index is 1.27. The molecule has 1 heterocycles. The van der Waals surface area contributed by atoms with Gasteiger partial charge in [0.2, 0.25) is 0 Å². The van der Waals surface area contributed by atoms with E-state index in [1.54, 1.807) is 25.1 Å². The van der Waals surface area contributed by atoms with Crippen molar-refractivity contribution in [3.05, 3.63) is 88.9 Å². The first-order chi connectivity index (χ1) is 17.4. The van der Waals surface area contributed by atoms with Gasteiger partial charge in [-0.1, -0.05) is 71.3 Å². The van der Waals surface area contributed by atoms with Crippen LogP contribution in [0, 0.1) is 0 Å². The van der Waals surface area contributed by atoms with Gasteiger partial charge >= 0.3 is 12.1 Å². The first kappa shape index (κ1) is 23.5. The molecule has 0 bridgehead atoms. The van der Waals surface area contributed by atoms with Crippen LogP contribution >= 0.6 is 11.6 Å². The molecule has 3 aromatic carbocycles. The minimum absolute atomic E-state index is 0.104. The summed E-state index contributed by atoms with van der Waals surface area (Å²) in [5.41, 5.74) is 3.33. The molecule has 1 aromatic heterocycles. The number of tetrazole rings is 1. The predicted molar refractivity (Wildman–Crippen MR) is 133 cm³/mol. The lowest BCUT2D eigenvalue weighted by Crippen LogP contribution is -2.19. The maximum Gasteiger partial charge on any atom is 0.414 e. The second kappa shape index (κ2) is 9.43. The van der Waals surface area contributed by atoms with Gasteiger partial charge in [-0.3, -0.25) is 10.1 Å². The maximum atomic E-state index is 12.5. The van der Waals surface area contributed by atoms with Gasteiger partial charge in [-0.15, -0.1) is 0 Å². The highest BCUT2D eigenvalue weighted by Crippen LogP contribution is 2.48. The van der Waals surface area contributed by atoms with Crippen LogP contribution in [-0.2, 0) is 14.9 Å². The largest absolute Gasteiger partial charge is 0.481 e. The molecule has 182 valence electrons. The molecule has 1 atom stereocenters. The summed E-state index contributed by atoms with van der Waals surface area (Å²) < 4.78 is 6.82. The third-order valence-corrected chi connectivity index (χ3v) is 6.70. The van der Waals surface area contributed by atoms with Crippen molar-refractivity contribution in [2.45, 2.75) is 31.3 Å². The first-order valence-corrected chi connectivity index (χ1v) is 11.7. The lowest BCUT2D eigenvalue weighted by atomic mass is 9.94. The molecule has 5 rings (SSSR count). The minimum Gasteiger partial charge on any atom is -0.481 e. The van der Waals surface area contributed by atoms with E-state index in [0.29, 0.717) is 29.1 Å². The Labute approximate surface area is 211 Å². The summed E-state index contributed by atoms with van der Waals surface area (Å²) in [5.74, 6) is -0.667. The first-order valence-electron chi connectivity index (χ1n) is 11.3. The van der Waals surface area contributed by atoms with Crippen molar-refractivity contribution in [2.24, 2.45) is 0 Å². The number of nitrogens with zero attached hydrogens (tertiary/aromatic N) is 4. The molecule has 0 radical (unpaired) electrons. The highest BCUT2D eigenvalue weighted by molar-refractivity contribution is 6.31. The summed E-state index contributed by atoms with van der Waals surface area (Å²) in [4.78, 5) is 24.0. The molecule has 1 saturated carbocycles. The maximum absolute atomic E-state index is 12.5. The molecule has 10 heteroatoms. The number of hydrogen-bond donors (Lipinski definition) is 2. The molecular formula is C26H22ClN5O4. The fraction of sp³-hybridized carbons (Fsp3) is 0.192. The molecule has 1 unspecified atom stereocenters. The molecule has 0 spiro atoms. The summed E-state index contributed by atoms with van der Waals surface area (Å²) in [6, 6.07) is 22.2. The third kappa shape index (κ3) is 4.52. The number of halogens is 1. The number of carboxylic acid groups (broad SMARTS) is 1. The molecule has 1 aliphatic rings. The summed E-state index contributed by atoms with van der Waals surface area (Å²) in [6.07, 6.45) is 0.0555. The highest BCUT2D eigenvalue weighted by Gasteiger charge is 2.51. The molecule has 4 aromatic rings. The number of rotatable bonds is 7. The molecule has 1 amide bonds. The predicted octanol–water partition coefficient (Wildman–Crippen LogP) is 5.41. The Hall–Kier alpha value is -4.24.